The first kappa shape index (κ1) is 13.4. The number of epoxide rings is 1. The molecule has 1 atom stereocenters. The van der Waals surface area contributed by atoms with Crippen molar-refractivity contribution in [1.82, 2.24) is 0 Å². The van der Waals surface area contributed by atoms with Crippen molar-refractivity contribution in [2.45, 2.75) is 11.7 Å². The number of halogens is 2. The molecule has 1 N–H and O–H groups in total. The molecule has 20 heavy (non-hydrogen) atoms. The first-order valence-electron chi connectivity index (χ1n) is 5.97. The number of ether oxygens (including phenoxy) is 1. The van der Waals surface area contributed by atoms with E-state index in [1.165, 1.54) is 0 Å². The van der Waals surface area contributed by atoms with E-state index < -0.39 is 17.7 Å². The Labute approximate surface area is 125 Å². The molecule has 5 heteroatoms. The minimum Gasteiger partial charge on any atom is -0.479 e. The normalized spacial score (nSPS) is 19.6. The Bertz CT molecular complexity index is 639. The molecule has 0 amide bonds. The molecular weight excluding hydrogens is 299 g/mol. The number of rotatable bonds is 3. The van der Waals surface area contributed by atoms with Gasteiger partial charge in [-0.05, 0) is 35.4 Å². The summed E-state index contributed by atoms with van der Waals surface area (Å²) in [5, 5.41) is 10.3. The van der Waals surface area contributed by atoms with Gasteiger partial charge in [0, 0.05) is 10.0 Å². The Morgan fingerprint density at radius 2 is 1.55 bits per heavy atom. The van der Waals surface area contributed by atoms with E-state index in [4.69, 9.17) is 27.9 Å². The molecule has 0 aromatic heterocycles. The fraction of sp³-hybridized carbons (Fsp3) is 0.133. The molecule has 0 spiro atoms. The van der Waals surface area contributed by atoms with E-state index in [-0.39, 0.29) is 0 Å². The quantitative estimate of drug-likeness (QED) is 0.879. The third-order valence-corrected chi connectivity index (χ3v) is 3.82. The highest BCUT2D eigenvalue weighted by Crippen LogP contribution is 2.52. The smallest absolute Gasteiger partial charge is 0.336 e. The lowest BCUT2D eigenvalue weighted by atomic mass is 9.88. The third-order valence-electron chi connectivity index (χ3n) is 3.35. The Hall–Kier alpha value is -1.55. The van der Waals surface area contributed by atoms with Gasteiger partial charge in [0.05, 0.1) is 0 Å². The summed E-state index contributed by atoms with van der Waals surface area (Å²) in [6, 6.07) is 14.0. The summed E-state index contributed by atoms with van der Waals surface area (Å²) in [6.07, 6.45) is -0.931. The molecule has 1 heterocycles. The average Bonchev–Trinajstić information content (AvgIpc) is 3.15. The maximum atomic E-state index is 11.3. The van der Waals surface area contributed by atoms with Crippen LogP contribution in [0.1, 0.15) is 11.1 Å². The molecule has 1 aliphatic heterocycles. The van der Waals surface area contributed by atoms with Gasteiger partial charge >= 0.3 is 5.97 Å². The van der Waals surface area contributed by atoms with Crippen molar-refractivity contribution < 1.29 is 14.6 Å². The molecule has 2 aromatic carbocycles. The Morgan fingerprint density at radius 3 is 1.90 bits per heavy atom. The number of carbonyl (C=O) groups is 1. The maximum Gasteiger partial charge on any atom is 0.336 e. The van der Waals surface area contributed by atoms with E-state index in [0.29, 0.717) is 21.2 Å². The highest BCUT2D eigenvalue weighted by molar-refractivity contribution is 6.31. The SMILES string of the molecule is O=C(O)C1OC1(c1cccc(Cl)c1)c1cccc(Cl)c1. The van der Waals surface area contributed by atoms with E-state index in [9.17, 15) is 9.90 Å². The van der Waals surface area contributed by atoms with E-state index in [2.05, 4.69) is 0 Å². The number of carboxylic acids is 1. The van der Waals surface area contributed by atoms with E-state index in [0.717, 1.165) is 0 Å². The van der Waals surface area contributed by atoms with E-state index in [1.54, 1.807) is 48.5 Å². The molecule has 0 bridgehead atoms. The molecular formula is C15H10Cl2O3. The summed E-state index contributed by atoms with van der Waals surface area (Å²) in [6.45, 7) is 0. The topological polar surface area (TPSA) is 49.8 Å². The van der Waals surface area contributed by atoms with Gasteiger partial charge in [0.1, 0.15) is 0 Å². The van der Waals surface area contributed by atoms with Gasteiger partial charge in [-0.2, -0.15) is 0 Å². The van der Waals surface area contributed by atoms with Crippen molar-refractivity contribution in [2.24, 2.45) is 0 Å². The van der Waals surface area contributed by atoms with Gasteiger partial charge in [-0.3, -0.25) is 0 Å². The van der Waals surface area contributed by atoms with Crippen LogP contribution in [0.15, 0.2) is 48.5 Å². The van der Waals surface area contributed by atoms with Crippen LogP contribution in [-0.2, 0) is 15.1 Å². The van der Waals surface area contributed by atoms with Crippen LogP contribution in [0, 0.1) is 0 Å². The summed E-state index contributed by atoms with van der Waals surface area (Å²) < 4.78 is 5.53. The van der Waals surface area contributed by atoms with Crippen molar-refractivity contribution in [3.05, 3.63) is 69.7 Å². The second-order valence-corrected chi connectivity index (χ2v) is 5.47. The van der Waals surface area contributed by atoms with Gasteiger partial charge in [-0.15, -0.1) is 0 Å². The van der Waals surface area contributed by atoms with Crippen molar-refractivity contribution in [2.75, 3.05) is 0 Å². The predicted octanol–water partition coefficient (Wildman–Crippen LogP) is 3.72. The molecule has 0 saturated carbocycles. The lowest BCUT2D eigenvalue weighted by Gasteiger charge is -2.14. The zero-order valence-electron chi connectivity index (χ0n) is 10.2. The van der Waals surface area contributed by atoms with Crippen molar-refractivity contribution in [1.29, 1.82) is 0 Å². The third kappa shape index (κ3) is 2.08. The minimum atomic E-state index is -1.01. The van der Waals surface area contributed by atoms with Gasteiger partial charge in [-0.25, -0.2) is 4.79 Å². The largest absolute Gasteiger partial charge is 0.479 e. The minimum absolute atomic E-state index is 0.531. The van der Waals surface area contributed by atoms with E-state index in [1.807, 2.05) is 0 Å². The molecule has 3 rings (SSSR count). The Kier molecular flexibility index (Phi) is 3.21. The van der Waals surface area contributed by atoms with Gasteiger partial charge < -0.3 is 9.84 Å². The highest BCUT2D eigenvalue weighted by Gasteiger charge is 2.63. The molecule has 0 aliphatic carbocycles. The summed E-state index contributed by atoms with van der Waals surface area (Å²) in [7, 11) is 0. The summed E-state index contributed by atoms with van der Waals surface area (Å²) >= 11 is 12.0. The summed E-state index contributed by atoms with van der Waals surface area (Å²) in [5.74, 6) is -1.01. The standard InChI is InChI=1S/C15H10Cl2O3/c16-11-5-1-3-9(7-11)15(13(20-15)14(18)19)10-4-2-6-12(17)8-10/h1-8,13H,(H,18,19). The van der Waals surface area contributed by atoms with Gasteiger partial charge in [0.15, 0.2) is 11.7 Å². The number of benzene rings is 2. The number of carboxylic acid groups (broad SMARTS) is 1. The summed E-state index contributed by atoms with van der Waals surface area (Å²) in [5.41, 5.74) is 0.404. The number of aliphatic carboxylic acids is 1. The van der Waals surface area contributed by atoms with Crippen LogP contribution in [0.5, 0.6) is 0 Å². The first-order chi connectivity index (χ1) is 9.54. The van der Waals surface area contributed by atoms with Crippen LogP contribution in [0.2, 0.25) is 10.0 Å². The predicted molar refractivity (Wildman–Crippen MR) is 76.2 cm³/mol. The van der Waals surface area contributed by atoms with Crippen molar-refractivity contribution in [3.8, 4) is 0 Å². The highest BCUT2D eigenvalue weighted by atomic mass is 35.5. The van der Waals surface area contributed by atoms with Crippen molar-refractivity contribution in [3.63, 3.8) is 0 Å². The Morgan fingerprint density at radius 1 is 1.05 bits per heavy atom. The monoisotopic (exact) mass is 308 g/mol. The second kappa shape index (κ2) is 4.77. The Balaban J connectivity index is 2.14. The zero-order chi connectivity index (χ0) is 14.3. The first-order valence-corrected chi connectivity index (χ1v) is 6.72. The lowest BCUT2D eigenvalue weighted by Crippen LogP contribution is -2.20. The molecule has 3 nitrogen and oxygen atoms in total. The van der Waals surface area contributed by atoms with Crippen LogP contribution in [-0.4, -0.2) is 17.2 Å². The van der Waals surface area contributed by atoms with Gasteiger partial charge in [0.25, 0.3) is 0 Å². The fourth-order valence-electron chi connectivity index (χ4n) is 2.42. The molecule has 2 aromatic rings. The van der Waals surface area contributed by atoms with Crippen molar-refractivity contribution >= 4 is 29.2 Å². The van der Waals surface area contributed by atoms with Crippen LogP contribution in [0.4, 0.5) is 0 Å². The summed E-state index contributed by atoms with van der Waals surface area (Å²) in [4.78, 5) is 11.3. The van der Waals surface area contributed by atoms with Gasteiger partial charge in [0.2, 0.25) is 0 Å². The lowest BCUT2D eigenvalue weighted by molar-refractivity contribution is -0.138. The molecule has 1 saturated heterocycles. The van der Waals surface area contributed by atoms with Gasteiger partial charge in [-0.1, -0.05) is 47.5 Å². The molecule has 1 fully saturated rings. The second-order valence-electron chi connectivity index (χ2n) is 4.59. The molecule has 0 radical (unpaired) electrons. The fourth-order valence-corrected chi connectivity index (χ4v) is 2.80. The van der Waals surface area contributed by atoms with E-state index >= 15 is 0 Å². The average molecular weight is 309 g/mol. The van der Waals surface area contributed by atoms with Crippen LogP contribution >= 0.6 is 23.2 Å². The number of hydrogen-bond donors (Lipinski definition) is 1. The van der Waals surface area contributed by atoms with Crippen LogP contribution in [0.3, 0.4) is 0 Å². The maximum absolute atomic E-state index is 11.3. The van der Waals surface area contributed by atoms with Crippen LogP contribution < -0.4 is 0 Å². The molecule has 1 unspecified atom stereocenters. The van der Waals surface area contributed by atoms with Crippen LogP contribution in [0.25, 0.3) is 0 Å². The molecule has 102 valence electrons. The molecule has 1 aliphatic rings. The number of hydrogen-bond acceptors (Lipinski definition) is 2. The zero-order valence-corrected chi connectivity index (χ0v) is 11.7.